The number of fused-ring (bicyclic) bond motifs is 1. The molecule has 0 spiro atoms. The Labute approximate surface area is 152 Å². The molecule has 2 aromatic rings. The highest BCUT2D eigenvalue weighted by Crippen LogP contribution is 2.25. The third-order valence-corrected chi connectivity index (χ3v) is 5.29. The van der Waals surface area contributed by atoms with Gasteiger partial charge in [-0.2, -0.15) is 0 Å². The Hall–Kier alpha value is -1.73. The van der Waals surface area contributed by atoms with Crippen molar-refractivity contribution in [3.8, 4) is 0 Å². The number of thiophene rings is 1. The number of hydrogen-bond donors (Lipinski definition) is 2. The molecule has 2 N–H and O–H groups in total. The molecule has 2 aromatic heterocycles. The first-order valence-electron chi connectivity index (χ1n) is 8.49. The second-order valence-electron chi connectivity index (χ2n) is 7.65. The molecule has 0 bridgehead atoms. The molecule has 0 aliphatic carbocycles. The third kappa shape index (κ3) is 5.12. The fraction of sp³-hybridized carbons (Fsp3) is 0.611. The molecule has 7 heteroatoms. The standard InChI is InChI=1S/C18H28N4O2S/c1-11-12(2)25-17-15(11)16(24)20-13(21-17)7-8-14(23)19-9-18(3,4)10-22(5)6/h7-10H2,1-6H3,(H,19,23)(H,20,21,24). The van der Waals surface area contributed by atoms with Gasteiger partial charge in [0.2, 0.25) is 5.91 Å². The zero-order valence-corrected chi connectivity index (χ0v) is 16.8. The number of amides is 1. The number of carbonyl (C=O) groups excluding carboxylic acids is 1. The summed E-state index contributed by atoms with van der Waals surface area (Å²) in [6, 6.07) is 0. The Morgan fingerprint density at radius 2 is 2.00 bits per heavy atom. The van der Waals surface area contributed by atoms with Crippen molar-refractivity contribution in [3.63, 3.8) is 0 Å². The van der Waals surface area contributed by atoms with Crippen LogP contribution in [0.1, 0.15) is 36.5 Å². The van der Waals surface area contributed by atoms with Crippen LogP contribution >= 0.6 is 11.3 Å². The van der Waals surface area contributed by atoms with Crippen LogP contribution in [0, 0.1) is 19.3 Å². The van der Waals surface area contributed by atoms with Crippen molar-refractivity contribution in [2.24, 2.45) is 5.41 Å². The summed E-state index contributed by atoms with van der Waals surface area (Å²) < 4.78 is 0. The molecule has 0 atom stereocenters. The summed E-state index contributed by atoms with van der Waals surface area (Å²) >= 11 is 1.52. The lowest BCUT2D eigenvalue weighted by atomic mass is 9.93. The highest BCUT2D eigenvalue weighted by atomic mass is 32.1. The molecule has 0 saturated carbocycles. The number of hydrogen-bond acceptors (Lipinski definition) is 5. The highest BCUT2D eigenvalue weighted by molar-refractivity contribution is 7.18. The SMILES string of the molecule is Cc1sc2nc(CCC(=O)NCC(C)(C)CN(C)C)[nH]c(=O)c2c1C. The molecule has 25 heavy (non-hydrogen) atoms. The number of aryl methyl sites for hydroxylation is 3. The van der Waals surface area contributed by atoms with Crippen molar-refractivity contribution in [1.82, 2.24) is 20.2 Å². The molecule has 2 heterocycles. The summed E-state index contributed by atoms with van der Waals surface area (Å²) in [5.74, 6) is 0.551. The normalized spacial score (nSPS) is 12.1. The molecule has 1 amide bonds. The van der Waals surface area contributed by atoms with E-state index < -0.39 is 0 Å². The van der Waals surface area contributed by atoms with Crippen LogP contribution in [-0.2, 0) is 11.2 Å². The molecule has 0 fully saturated rings. The summed E-state index contributed by atoms with van der Waals surface area (Å²) in [5.41, 5.74) is 0.881. The van der Waals surface area contributed by atoms with Gasteiger partial charge in [0.05, 0.1) is 5.39 Å². The molecule has 0 aliphatic rings. The van der Waals surface area contributed by atoms with Crippen LogP contribution in [0.3, 0.4) is 0 Å². The fourth-order valence-electron chi connectivity index (χ4n) is 2.99. The van der Waals surface area contributed by atoms with Gasteiger partial charge in [0.1, 0.15) is 10.7 Å². The van der Waals surface area contributed by atoms with E-state index in [0.29, 0.717) is 30.6 Å². The van der Waals surface area contributed by atoms with Crippen molar-refractivity contribution < 1.29 is 4.79 Å². The first-order valence-corrected chi connectivity index (χ1v) is 9.31. The topological polar surface area (TPSA) is 78.1 Å². The molecular weight excluding hydrogens is 336 g/mol. The first kappa shape index (κ1) is 19.6. The van der Waals surface area contributed by atoms with Gasteiger partial charge in [-0.15, -0.1) is 11.3 Å². The minimum Gasteiger partial charge on any atom is -0.356 e. The van der Waals surface area contributed by atoms with E-state index in [1.807, 2.05) is 27.9 Å². The lowest BCUT2D eigenvalue weighted by molar-refractivity contribution is -0.121. The molecule has 0 unspecified atom stereocenters. The zero-order chi connectivity index (χ0) is 18.8. The van der Waals surface area contributed by atoms with Crippen LogP contribution in [0.4, 0.5) is 0 Å². The second-order valence-corrected chi connectivity index (χ2v) is 8.86. The van der Waals surface area contributed by atoms with Crippen molar-refractivity contribution in [2.75, 3.05) is 27.2 Å². The average Bonchev–Trinajstić information content (AvgIpc) is 2.77. The molecular formula is C18H28N4O2S. The first-order chi connectivity index (χ1) is 11.6. The quantitative estimate of drug-likeness (QED) is 0.790. The van der Waals surface area contributed by atoms with Crippen molar-refractivity contribution in [3.05, 3.63) is 26.6 Å². The van der Waals surface area contributed by atoms with Gasteiger partial charge in [-0.1, -0.05) is 13.8 Å². The van der Waals surface area contributed by atoms with Gasteiger partial charge in [-0.3, -0.25) is 9.59 Å². The molecule has 0 radical (unpaired) electrons. The Kier molecular flexibility index (Phi) is 6.00. The van der Waals surface area contributed by atoms with Crippen LogP contribution in [0.2, 0.25) is 0 Å². The second kappa shape index (κ2) is 7.66. The third-order valence-electron chi connectivity index (χ3n) is 4.19. The van der Waals surface area contributed by atoms with Crippen LogP contribution in [-0.4, -0.2) is 48.0 Å². The number of aromatic amines is 1. The molecule has 0 aromatic carbocycles. The zero-order valence-electron chi connectivity index (χ0n) is 15.9. The fourth-order valence-corrected chi connectivity index (χ4v) is 4.04. The molecule has 2 rings (SSSR count). The minimum atomic E-state index is -0.116. The molecule has 0 saturated heterocycles. The summed E-state index contributed by atoms with van der Waals surface area (Å²) in [4.78, 5) is 35.6. The maximum absolute atomic E-state index is 12.2. The maximum Gasteiger partial charge on any atom is 0.259 e. The summed E-state index contributed by atoms with van der Waals surface area (Å²) in [5, 5.41) is 3.65. The lowest BCUT2D eigenvalue weighted by Gasteiger charge is -2.28. The van der Waals surface area contributed by atoms with Gasteiger partial charge < -0.3 is 15.2 Å². The molecule has 6 nitrogen and oxygen atoms in total. The van der Waals surface area contributed by atoms with E-state index in [1.54, 1.807) is 0 Å². The average molecular weight is 365 g/mol. The Morgan fingerprint density at radius 3 is 2.64 bits per heavy atom. The lowest BCUT2D eigenvalue weighted by Crippen LogP contribution is -2.40. The van der Waals surface area contributed by atoms with Crippen molar-refractivity contribution in [1.29, 1.82) is 0 Å². The number of nitrogens with zero attached hydrogens (tertiary/aromatic N) is 2. The van der Waals surface area contributed by atoms with Gasteiger partial charge in [-0.05, 0) is 38.9 Å². The Bertz CT molecular complexity index is 820. The van der Waals surface area contributed by atoms with Crippen LogP contribution in [0.25, 0.3) is 10.2 Å². The Balaban J connectivity index is 1.96. The van der Waals surface area contributed by atoms with E-state index in [0.717, 1.165) is 21.8 Å². The van der Waals surface area contributed by atoms with Crippen molar-refractivity contribution >= 4 is 27.5 Å². The van der Waals surface area contributed by atoms with Crippen LogP contribution < -0.4 is 10.9 Å². The van der Waals surface area contributed by atoms with Gasteiger partial charge >= 0.3 is 0 Å². The summed E-state index contributed by atoms with van der Waals surface area (Å²) in [6.45, 7) is 9.70. The van der Waals surface area contributed by atoms with Gasteiger partial charge in [0, 0.05) is 30.8 Å². The van der Waals surface area contributed by atoms with Gasteiger partial charge in [0.15, 0.2) is 0 Å². The van der Waals surface area contributed by atoms with E-state index in [4.69, 9.17) is 0 Å². The number of H-pyrrole nitrogens is 1. The van der Waals surface area contributed by atoms with Crippen LogP contribution in [0.5, 0.6) is 0 Å². The number of rotatable bonds is 7. The van der Waals surface area contributed by atoms with Crippen LogP contribution in [0.15, 0.2) is 4.79 Å². The van der Waals surface area contributed by atoms with E-state index in [9.17, 15) is 9.59 Å². The van der Waals surface area contributed by atoms with E-state index in [-0.39, 0.29) is 16.9 Å². The number of carbonyl (C=O) groups is 1. The maximum atomic E-state index is 12.2. The summed E-state index contributed by atoms with van der Waals surface area (Å²) in [7, 11) is 4.05. The molecule has 0 aliphatic heterocycles. The smallest absolute Gasteiger partial charge is 0.259 e. The van der Waals surface area contributed by atoms with E-state index in [1.165, 1.54) is 11.3 Å². The minimum absolute atomic E-state index is 0.0106. The number of aromatic nitrogens is 2. The predicted octanol–water partition coefficient (Wildman–Crippen LogP) is 2.24. The van der Waals surface area contributed by atoms with E-state index in [2.05, 4.69) is 34.0 Å². The number of nitrogens with one attached hydrogen (secondary N) is 2. The van der Waals surface area contributed by atoms with Gasteiger partial charge in [-0.25, -0.2) is 4.98 Å². The van der Waals surface area contributed by atoms with Crippen molar-refractivity contribution in [2.45, 2.75) is 40.5 Å². The largest absolute Gasteiger partial charge is 0.356 e. The highest BCUT2D eigenvalue weighted by Gasteiger charge is 2.20. The monoisotopic (exact) mass is 364 g/mol. The molecule has 138 valence electrons. The summed E-state index contributed by atoms with van der Waals surface area (Å²) in [6.07, 6.45) is 0.747. The van der Waals surface area contributed by atoms with E-state index >= 15 is 0 Å². The predicted molar refractivity (Wildman–Crippen MR) is 103 cm³/mol. The van der Waals surface area contributed by atoms with Gasteiger partial charge in [0.25, 0.3) is 5.56 Å². The Morgan fingerprint density at radius 1 is 1.32 bits per heavy atom.